The van der Waals surface area contributed by atoms with Gasteiger partial charge in [-0.3, -0.25) is 4.99 Å². The average molecular weight is 356 g/mol. The Labute approximate surface area is 142 Å². The van der Waals surface area contributed by atoms with Crippen molar-refractivity contribution in [3.63, 3.8) is 0 Å². The first-order valence-corrected chi connectivity index (χ1v) is 8.15. The first-order chi connectivity index (χ1) is 11.4. The first kappa shape index (κ1) is 17.0. The van der Waals surface area contributed by atoms with Crippen LogP contribution in [0, 0.1) is 0 Å². The predicted octanol–water partition coefficient (Wildman–Crippen LogP) is 3.50. The van der Waals surface area contributed by atoms with Crippen molar-refractivity contribution in [2.45, 2.75) is 38.4 Å². The Morgan fingerprint density at radius 3 is 2.75 bits per heavy atom. The minimum atomic E-state index is -1.86. The maximum absolute atomic E-state index is 14.4. The Balaban J connectivity index is 2.27. The molecule has 1 aromatic heterocycles. The van der Waals surface area contributed by atoms with E-state index in [0.717, 1.165) is 6.08 Å². The van der Waals surface area contributed by atoms with Crippen molar-refractivity contribution in [2.24, 2.45) is 4.99 Å². The van der Waals surface area contributed by atoms with Crippen LogP contribution in [-0.4, -0.2) is 23.7 Å². The normalized spacial score (nSPS) is 23.0. The third-order valence-electron chi connectivity index (χ3n) is 3.90. The minimum absolute atomic E-state index is 0.00242. The van der Waals surface area contributed by atoms with Crippen molar-refractivity contribution in [3.8, 4) is 0 Å². The fourth-order valence-corrected chi connectivity index (χ4v) is 3.25. The van der Waals surface area contributed by atoms with Gasteiger partial charge in [-0.1, -0.05) is 17.7 Å². The van der Waals surface area contributed by atoms with Gasteiger partial charge in [-0.05, 0) is 26.3 Å². The molecule has 2 atom stereocenters. The molecule has 0 aromatic carbocycles. The van der Waals surface area contributed by atoms with E-state index < -0.39 is 23.7 Å². The maximum Gasteiger partial charge on any atom is 0.158 e. The molecule has 2 unspecified atom stereocenters. The van der Waals surface area contributed by atoms with E-state index in [1.165, 1.54) is 0 Å². The highest BCUT2D eigenvalue weighted by Gasteiger charge is 2.35. The summed E-state index contributed by atoms with van der Waals surface area (Å²) >= 11 is 6.25. The molecule has 2 heterocycles. The van der Waals surface area contributed by atoms with Crippen molar-refractivity contribution >= 4 is 23.4 Å². The van der Waals surface area contributed by atoms with E-state index in [0.29, 0.717) is 35.4 Å². The van der Waals surface area contributed by atoms with E-state index >= 15 is 0 Å². The molecule has 3 nitrogen and oxygen atoms in total. The van der Waals surface area contributed by atoms with Crippen LogP contribution in [0.1, 0.15) is 31.7 Å². The van der Waals surface area contributed by atoms with Gasteiger partial charge in [0.1, 0.15) is 23.0 Å². The molecule has 24 heavy (non-hydrogen) atoms. The summed E-state index contributed by atoms with van der Waals surface area (Å²) in [5.41, 5.74) is 1.16. The lowest BCUT2D eigenvalue weighted by Gasteiger charge is -2.26. The molecule has 0 saturated heterocycles. The van der Waals surface area contributed by atoms with Crippen molar-refractivity contribution in [2.75, 3.05) is 11.9 Å². The summed E-state index contributed by atoms with van der Waals surface area (Å²) in [5.74, 6) is -3.17. The van der Waals surface area contributed by atoms with E-state index in [1.807, 2.05) is 19.9 Å². The third kappa shape index (κ3) is 3.07. The van der Waals surface area contributed by atoms with Gasteiger partial charge in [-0.15, -0.1) is 0 Å². The largest absolute Gasteiger partial charge is 0.382 e. The van der Waals surface area contributed by atoms with E-state index in [-0.39, 0.29) is 16.8 Å². The van der Waals surface area contributed by atoms with Crippen molar-refractivity contribution in [1.29, 1.82) is 0 Å². The van der Waals surface area contributed by atoms with Crippen LogP contribution < -0.4 is 16.0 Å². The average Bonchev–Trinajstić information content (AvgIpc) is 2.48. The zero-order valence-electron chi connectivity index (χ0n) is 13.3. The van der Waals surface area contributed by atoms with Gasteiger partial charge in [0.05, 0.1) is 11.6 Å². The number of anilines is 1. The van der Waals surface area contributed by atoms with Gasteiger partial charge in [0.15, 0.2) is 5.49 Å². The van der Waals surface area contributed by atoms with Crippen LogP contribution in [0.25, 0.3) is 6.08 Å². The highest BCUT2D eigenvalue weighted by molar-refractivity contribution is 6.30. The molecule has 3 rings (SSSR count). The van der Waals surface area contributed by atoms with E-state index in [4.69, 9.17) is 11.6 Å². The lowest BCUT2D eigenvalue weighted by atomic mass is 9.88. The lowest BCUT2D eigenvalue weighted by Crippen LogP contribution is -2.38. The van der Waals surface area contributed by atoms with Crippen LogP contribution in [0.2, 0.25) is 5.15 Å². The molecule has 1 aromatic rings. The van der Waals surface area contributed by atoms with Crippen LogP contribution in [-0.2, 0) is 0 Å². The van der Waals surface area contributed by atoms with Crippen LogP contribution >= 0.6 is 11.6 Å². The van der Waals surface area contributed by atoms with Gasteiger partial charge in [-0.25, -0.2) is 18.2 Å². The Bertz CT molecular complexity index is 846. The number of alkyl halides is 1. The van der Waals surface area contributed by atoms with Crippen LogP contribution in [0.4, 0.5) is 18.9 Å². The summed E-state index contributed by atoms with van der Waals surface area (Å²) in [4.78, 5) is 8.51. The van der Waals surface area contributed by atoms with Crippen molar-refractivity contribution in [3.05, 3.63) is 45.2 Å². The topological polar surface area (TPSA) is 37.3 Å². The summed E-state index contributed by atoms with van der Waals surface area (Å²) in [6.07, 6.45) is 2.20. The van der Waals surface area contributed by atoms with Gasteiger partial charge in [0.2, 0.25) is 0 Å². The highest BCUT2D eigenvalue weighted by atomic mass is 35.5. The molecule has 0 fully saturated rings. The standard InChI is InChI=1S/C17H17ClF3N3/c1-8(2)23-15-10-4-3-5-22-17(10)24-16(18)14(15)13-11(20)6-9(19)7-12(13)21/h4,6-8,11,13,23H,3,5H2,1-2H3. The summed E-state index contributed by atoms with van der Waals surface area (Å²) < 4.78 is 42.1. The number of aromatic nitrogens is 1. The van der Waals surface area contributed by atoms with Crippen LogP contribution in [0.3, 0.4) is 0 Å². The number of rotatable bonds is 3. The smallest absolute Gasteiger partial charge is 0.158 e. The highest BCUT2D eigenvalue weighted by Crippen LogP contribution is 2.41. The minimum Gasteiger partial charge on any atom is -0.382 e. The van der Waals surface area contributed by atoms with Gasteiger partial charge in [-0.2, -0.15) is 0 Å². The summed E-state index contributed by atoms with van der Waals surface area (Å²) in [7, 11) is 0. The Morgan fingerprint density at radius 1 is 1.33 bits per heavy atom. The van der Waals surface area contributed by atoms with E-state index in [1.54, 1.807) is 0 Å². The first-order valence-electron chi connectivity index (χ1n) is 7.77. The number of hydrogen-bond acceptors (Lipinski definition) is 3. The Morgan fingerprint density at radius 2 is 2.08 bits per heavy atom. The Hall–Kier alpha value is -1.82. The van der Waals surface area contributed by atoms with E-state index in [9.17, 15) is 13.2 Å². The SMILES string of the molecule is CC(C)Nc1c(C2C(F)=CC(F)=CC2F)c(Cl)nc2c1=CCCN=2. The molecular weight excluding hydrogens is 339 g/mol. The van der Waals surface area contributed by atoms with Gasteiger partial charge in [0.25, 0.3) is 0 Å². The maximum atomic E-state index is 14.4. The quantitative estimate of drug-likeness (QED) is 0.843. The third-order valence-corrected chi connectivity index (χ3v) is 4.19. The molecule has 1 N–H and O–H groups in total. The van der Waals surface area contributed by atoms with Gasteiger partial charge >= 0.3 is 0 Å². The molecule has 0 bridgehead atoms. The molecule has 0 spiro atoms. The van der Waals surface area contributed by atoms with Gasteiger partial charge < -0.3 is 5.32 Å². The fraction of sp³-hybridized carbons (Fsp3) is 0.412. The second-order valence-corrected chi connectivity index (χ2v) is 6.46. The molecule has 7 heteroatoms. The second-order valence-electron chi connectivity index (χ2n) is 6.10. The predicted molar refractivity (Wildman–Crippen MR) is 88.8 cm³/mol. The molecule has 0 amide bonds. The second kappa shape index (κ2) is 6.59. The number of pyridine rings is 1. The summed E-state index contributed by atoms with van der Waals surface area (Å²) in [6, 6.07) is 0.00242. The van der Waals surface area contributed by atoms with Crippen LogP contribution in [0.15, 0.2) is 28.8 Å². The number of hydrogen-bond donors (Lipinski definition) is 1. The zero-order valence-corrected chi connectivity index (χ0v) is 14.0. The summed E-state index contributed by atoms with van der Waals surface area (Å²) in [5, 5.41) is 3.86. The van der Waals surface area contributed by atoms with Crippen LogP contribution in [0.5, 0.6) is 0 Å². The zero-order chi connectivity index (χ0) is 17.4. The number of nitrogens with one attached hydrogen (secondary N) is 1. The van der Waals surface area contributed by atoms with Crippen molar-refractivity contribution < 1.29 is 13.2 Å². The number of allylic oxidation sites excluding steroid dienone is 4. The molecule has 0 radical (unpaired) electrons. The van der Waals surface area contributed by atoms with E-state index in [2.05, 4.69) is 15.3 Å². The Kier molecular flexibility index (Phi) is 4.67. The molecule has 0 saturated carbocycles. The fourth-order valence-electron chi connectivity index (χ4n) is 2.96. The number of fused-ring (bicyclic) bond motifs is 1. The van der Waals surface area contributed by atoms with Crippen molar-refractivity contribution in [1.82, 2.24) is 4.98 Å². The van der Waals surface area contributed by atoms with Gasteiger partial charge in [0, 0.05) is 29.4 Å². The molecular formula is C17H17ClF3N3. The molecule has 1 aliphatic carbocycles. The molecule has 2 aliphatic rings. The number of nitrogens with zero attached hydrogens (tertiary/aromatic N) is 2. The molecule has 128 valence electrons. The summed E-state index contributed by atoms with van der Waals surface area (Å²) in [6.45, 7) is 4.41. The monoisotopic (exact) mass is 355 g/mol. The number of halogens is 4. The lowest BCUT2D eigenvalue weighted by molar-refractivity contribution is 0.322. The molecule has 1 aliphatic heterocycles.